The van der Waals surface area contributed by atoms with Gasteiger partial charge in [0.15, 0.2) is 0 Å². The Morgan fingerprint density at radius 1 is 1.38 bits per heavy atom. The molecule has 0 aromatic heterocycles. The zero-order valence-electron chi connectivity index (χ0n) is 10.4. The monoisotopic (exact) mass is 228 g/mol. The summed E-state index contributed by atoms with van der Waals surface area (Å²) in [5.74, 6) is 4.96. The van der Waals surface area contributed by atoms with Crippen LogP contribution in [0.3, 0.4) is 0 Å². The van der Waals surface area contributed by atoms with Gasteiger partial charge >= 0.3 is 0 Å². The van der Waals surface area contributed by atoms with E-state index in [1.165, 1.54) is 6.42 Å². The van der Waals surface area contributed by atoms with E-state index >= 15 is 0 Å². The Bertz CT molecular complexity index is 214. The fourth-order valence-corrected chi connectivity index (χ4v) is 2.02. The Morgan fingerprint density at radius 2 is 2.00 bits per heavy atom. The van der Waals surface area contributed by atoms with E-state index in [1.54, 1.807) is 0 Å². The molecule has 1 heterocycles. The second-order valence-electron chi connectivity index (χ2n) is 4.45. The van der Waals surface area contributed by atoms with E-state index in [2.05, 4.69) is 29.1 Å². The number of carbonyl (C=O) groups is 1. The van der Waals surface area contributed by atoms with Crippen molar-refractivity contribution in [1.29, 1.82) is 0 Å². The van der Waals surface area contributed by atoms with Crippen LogP contribution in [0.25, 0.3) is 0 Å². The average Bonchev–Trinajstić information content (AvgIpc) is 2.35. The van der Waals surface area contributed by atoms with Crippen molar-refractivity contribution in [3.05, 3.63) is 0 Å². The van der Waals surface area contributed by atoms with Crippen molar-refractivity contribution in [2.24, 2.45) is 5.84 Å². The summed E-state index contributed by atoms with van der Waals surface area (Å²) in [6, 6.07) is 0.675. The molecule has 1 unspecified atom stereocenters. The second kappa shape index (κ2) is 6.83. The van der Waals surface area contributed by atoms with Crippen molar-refractivity contribution in [3.8, 4) is 0 Å². The van der Waals surface area contributed by atoms with Crippen LogP contribution in [0.2, 0.25) is 0 Å². The minimum atomic E-state index is -0.0793. The smallest absolute Gasteiger partial charge is 0.235 e. The highest BCUT2D eigenvalue weighted by Crippen LogP contribution is 2.08. The number of hydrogen-bond acceptors (Lipinski definition) is 4. The number of hydrazine groups is 1. The largest absolute Gasteiger partial charge is 0.300 e. The van der Waals surface area contributed by atoms with Crippen LogP contribution in [0, 0.1) is 0 Å². The van der Waals surface area contributed by atoms with Crippen LogP contribution in [0.5, 0.6) is 0 Å². The maximum atomic E-state index is 11.0. The minimum Gasteiger partial charge on any atom is -0.300 e. The quantitative estimate of drug-likeness (QED) is 0.388. The number of carbonyl (C=O) groups excluding carboxylic acids is 1. The third kappa shape index (κ3) is 4.08. The van der Waals surface area contributed by atoms with Gasteiger partial charge in [0.25, 0.3) is 0 Å². The van der Waals surface area contributed by atoms with Crippen LogP contribution >= 0.6 is 0 Å². The van der Waals surface area contributed by atoms with E-state index in [-0.39, 0.29) is 5.91 Å². The number of nitrogens with one attached hydrogen (secondary N) is 1. The molecular weight excluding hydrogens is 204 g/mol. The van der Waals surface area contributed by atoms with Crippen molar-refractivity contribution in [1.82, 2.24) is 15.2 Å². The van der Waals surface area contributed by atoms with Crippen molar-refractivity contribution >= 4 is 5.91 Å². The molecule has 0 radical (unpaired) electrons. The van der Waals surface area contributed by atoms with Crippen molar-refractivity contribution in [2.45, 2.75) is 32.7 Å². The Kier molecular flexibility index (Phi) is 5.73. The number of hydrogen-bond donors (Lipinski definition) is 2. The first-order valence-electron chi connectivity index (χ1n) is 6.13. The Morgan fingerprint density at radius 3 is 2.50 bits per heavy atom. The predicted octanol–water partition coefficient (Wildman–Crippen LogP) is -0.217. The molecule has 1 aliphatic heterocycles. The molecule has 0 aromatic carbocycles. The third-order valence-corrected chi connectivity index (χ3v) is 3.44. The van der Waals surface area contributed by atoms with Gasteiger partial charge < -0.3 is 4.90 Å². The maximum absolute atomic E-state index is 11.0. The summed E-state index contributed by atoms with van der Waals surface area (Å²) in [5, 5.41) is 0. The molecule has 16 heavy (non-hydrogen) atoms. The zero-order chi connectivity index (χ0) is 12.0. The van der Waals surface area contributed by atoms with Crippen LogP contribution < -0.4 is 11.3 Å². The highest BCUT2D eigenvalue weighted by atomic mass is 16.2. The lowest BCUT2D eigenvalue weighted by atomic mass is 10.2. The molecule has 3 N–H and O–H groups in total. The van der Waals surface area contributed by atoms with E-state index in [4.69, 9.17) is 5.84 Å². The molecule has 1 saturated heterocycles. The van der Waals surface area contributed by atoms with Crippen LogP contribution in [0.1, 0.15) is 26.7 Å². The van der Waals surface area contributed by atoms with E-state index in [0.29, 0.717) is 12.5 Å². The fourth-order valence-electron chi connectivity index (χ4n) is 2.02. The van der Waals surface area contributed by atoms with Crippen molar-refractivity contribution in [3.63, 3.8) is 0 Å². The first-order valence-corrected chi connectivity index (χ1v) is 6.13. The van der Waals surface area contributed by atoms with Gasteiger partial charge in [-0.25, -0.2) is 5.84 Å². The van der Waals surface area contributed by atoms with Crippen molar-refractivity contribution < 1.29 is 4.79 Å². The van der Waals surface area contributed by atoms with Gasteiger partial charge in [-0.2, -0.15) is 0 Å². The molecule has 1 fully saturated rings. The highest BCUT2D eigenvalue weighted by Gasteiger charge is 2.19. The number of piperazine rings is 1. The van der Waals surface area contributed by atoms with E-state index in [9.17, 15) is 4.79 Å². The highest BCUT2D eigenvalue weighted by molar-refractivity contribution is 5.75. The normalized spacial score (nSPS) is 20.7. The van der Waals surface area contributed by atoms with Gasteiger partial charge in [-0.3, -0.25) is 15.1 Å². The molecule has 0 aliphatic carbocycles. The standard InChI is InChI=1S/C11H24N4O/c1-3-10(2)15-8-6-14(7-9-15)5-4-11(16)13-12/h10H,3-9,12H2,1-2H3,(H,13,16). The van der Waals surface area contributed by atoms with Crippen LogP contribution in [0.15, 0.2) is 0 Å². The van der Waals surface area contributed by atoms with Crippen LogP contribution in [-0.2, 0) is 4.79 Å². The molecule has 0 saturated carbocycles. The lowest BCUT2D eigenvalue weighted by Crippen LogP contribution is -2.50. The van der Waals surface area contributed by atoms with Gasteiger partial charge in [-0.05, 0) is 13.3 Å². The summed E-state index contributed by atoms with van der Waals surface area (Å²) in [6.07, 6.45) is 1.70. The van der Waals surface area contributed by atoms with Gasteiger partial charge in [-0.15, -0.1) is 0 Å². The molecule has 0 aromatic rings. The summed E-state index contributed by atoms with van der Waals surface area (Å²) in [4.78, 5) is 15.8. The number of nitrogens with two attached hydrogens (primary N) is 1. The zero-order valence-corrected chi connectivity index (χ0v) is 10.4. The first-order chi connectivity index (χ1) is 7.67. The van der Waals surface area contributed by atoms with Crippen LogP contribution in [0.4, 0.5) is 0 Å². The third-order valence-electron chi connectivity index (χ3n) is 3.44. The molecule has 94 valence electrons. The summed E-state index contributed by atoms with van der Waals surface area (Å²) in [6.45, 7) is 9.65. The van der Waals surface area contributed by atoms with Gasteiger partial charge in [0, 0.05) is 45.2 Å². The van der Waals surface area contributed by atoms with Gasteiger partial charge in [0.1, 0.15) is 0 Å². The Labute approximate surface area is 97.9 Å². The summed E-state index contributed by atoms with van der Waals surface area (Å²) < 4.78 is 0. The Hall–Kier alpha value is -0.650. The topological polar surface area (TPSA) is 61.6 Å². The number of amides is 1. The number of nitrogens with zero attached hydrogens (tertiary/aromatic N) is 2. The van der Waals surface area contributed by atoms with Crippen LogP contribution in [-0.4, -0.2) is 54.5 Å². The molecular formula is C11H24N4O. The molecule has 0 spiro atoms. The molecule has 5 nitrogen and oxygen atoms in total. The van der Waals surface area contributed by atoms with E-state index in [1.807, 2.05) is 0 Å². The Balaban J connectivity index is 2.19. The first kappa shape index (κ1) is 13.4. The molecule has 1 rings (SSSR count). The lowest BCUT2D eigenvalue weighted by molar-refractivity contribution is -0.121. The molecule has 1 aliphatic rings. The SMILES string of the molecule is CCC(C)N1CCN(CCC(=O)NN)CC1. The number of rotatable bonds is 5. The molecule has 0 bridgehead atoms. The fraction of sp³-hybridized carbons (Fsp3) is 0.909. The molecule has 5 heteroatoms. The van der Waals surface area contributed by atoms with Gasteiger partial charge in [0.2, 0.25) is 5.91 Å². The van der Waals surface area contributed by atoms with Crippen molar-refractivity contribution in [2.75, 3.05) is 32.7 Å². The summed E-state index contributed by atoms with van der Waals surface area (Å²) in [5.41, 5.74) is 2.16. The summed E-state index contributed by atoms with van der Waals surface area (Å²) in [7, 11) is 0. The van der Waals surface area contributed by atoms with E-state index < -0.39 is 0 Å². The maximum Gasteiger partial charge on any atom is 0.235 e. The average molecular weight is 228 g/mol. The molecule has 1 atom stereocenters. The van der Waals surface area contributed by atoms with E-state index in [0.717, 1.165) is 32.7 Å². The lowest BCUT2D eigenvalue weighted by Gasteiger charge is -2.37. The van der Waals surface area contributed by atoms with Gasteiger partial charge in [0.05, 0.1) is 0 Å². The van der Waals surface area contributed by atoms with Gasteiger partial charge in [-0.1, -0.05) is 6.92 Å². The molecule has 1 amide bonds. The summed E-state index contributed by atoms with van der Waals surface area (Å²) >= 11 is 0. The predicted molar refractivity (Wildman–Crippen MR) is 64.7 cm³/mol. The second-order valence-corrected chi connectivity index (χ2v) is 4.45. The minimum absolute atomic E-state index is 0.0793.